The lowest BCUT2D eigenvalue weighted by molar-refractivity contribution is -0.137. The predicted molar refractivity (Wildman–Crippen MR) is 121 cm³/mol. The summed E-state index contributed by atoms with van der Waals surface area (Å²) < 4.78 is 53.2. The zero-order chi connectivity index (χ0) is 24.5. The normalized spacial score (nSPS) is 11.9. The number of H-pyrrole nitrogens is 1. The van der Waals surface area contributed by atoms with Gasteiger partial charge in [0.05, 0.1) is 22.3 Å². The molecule has 4 aromatic rings. The largest absolute Gasteiger partial charge is 0.416 e. The SMILES string of the molecule is Cc1nc(NCCN(C)C)nc(Nc2cc3nc(-c4ccc(C(F)(F)F)cc4)[nH]c3cc2F)n1. The molecule has 0 aliphatic heterocycles. The zero-order valence-electron chi connectivity index (χ0n) is 18.6. The fourth-order valence-corrected chi connectivity index (χ4v) is 3.21. The molecule has 34 heavy (non-hydrogen) atoms. The molecule has 0 saturated carbocycles. The quantitative estimate of drug-likeness (QED) is 0.337. The summed E-state index contributed by atoms with van der Waals surface area (Å²) in [6.45, 7) is 3.10. The van der Waals surface area contributed by atoms with Gasteiger partial charge in [-0.25, -0.2) is 9.37 Å². The van der Waals surface area contributed by atoms with Crippen molar-refractivity contribution in [1.29, 1.82) is 0 Å². The summed E-state index contributed by atoms with van der Waals surface area (Å²) in [4.78, 5) is 22.1. The van der Waals surface area contributed by atoms with Gasteiger partial charge in [-0.1, -0.05) is 12.1 Å². The summed E-state index contributed by atoms with van der Waals surface area (Å²) >= 11 is 0. The number of anilines is 3. The zero-order valence-corrected chi connectivity index (χ0v) is 18.6. The van der Waals surface area contributed by atoms with Gasteiger partial charge in [0.1, 0.15) is 17.5 Å². The van der Waals surface area contributed by atoms with E-state index in [0.717, 1.165) is 18.7 Å². The lowest BCUT2D eigenvalue weighted by Crippen LogP contribution is -2.22. The molecule has 0 atom stereocenters. The Balaban J connectivity index is 1.58. The Morgan fingerprint density at radius 3 is 2.35 bits per heavy atom. The van der Waals surface area contributed by atoms with Gasteiger partial charge in [-0.05, 0) is 39.2 Å². The third-order valence-corrected chi connectivity index (χ3v) is 4.89. The molecule has 8 nitrogen and oxygen atoms in total. The Kier molecular flexibility index (Phi) is 6.33. The molecule has 0 radical (unpaired) electrons. The standard InChI is InChI=1S/C22H22F4N8/c1-12-28-20(27-8-9-34(2)3)33-21(29-12)32-16-11-18-17(10-15(16)23)30-19(31-18)13-4-6-14(7-5-13)22(24,25)26/h4-7,10-11H,8-9H2,1-3H3,(H,30,31)(H2,27,28,29,32,33). The van der Waals surface area contributed by atoms with Crippen molar-refractivity contribution in [2.24, 2.45) is 0 Å². The van der Waals surface area contributed by atoms with E-state index in [9.17, 15) is 17.6 Å². The maximum absolute atomic E-state index is 14.8. The number of likely N-dealkylation sites (N-methyl/N-ethyl adjacent to an activating group) is 1. The summed E-state index contributed by atoms with van der Waals surface area (Å²) in [6.07, 6.45) is -4.43. The van der Waals surface area contributed by atoms with E-state index in [1.807, 2.05) is 19.0 Å². The van der Waals surface area contributed by atoms with Gasteiger partial charge in [-0.3, -0.25) is 0 Å². The van der Waals surface area contributed by atoms with E-state index in [-0.39, 0.29) is 11.6 Å². The number of hydrogen-bond donors (Lipinski definition) is 3. The summed E-state index contributed by atoms with van der Waals surface area (Å²) in [5.41, 5.74) is 0.612. The van der Waals surface area contributed by atoms with E-state index in [0.29, 0.717) is 40.7 Å². The smallest absolute Gasteiger partial charge is 0.353 e. The molecular formula is C22H22F4N8. The van der Waals surface area contributed by atoms with Crippen molar-refractivity contribution in [1.82, 2.24) is 29.8 Å². The molecule has 0 aliphatic rings. The number of nitrogens with zero attached hydrogens (tertiary/aromatic N) is 5. The van der Waals surface area contributed by atoms with Gasteiger partial charge in [0.2, 0.25) is 11.9 Å². The molecule has 12 heteroatoms. The van der Waals surface area contributed by atoms with Crippen LogP contribution >= 0.6 is 0 Å². The maximum atomic E-state index is 14.8. The number of hydrogen-bond acceptors (Lipinski definition) is 7. The monoisotopic (exact) mass is 474 g/mol. The van der Waals surface area contributed by atoms with Crippen LogP contribution in [0.5, 0.6) is 0 Å². The van der Waals surface area contributed by atoms with Gasteiger partial charge < -0.3 is 20.5 Å². The Morgan fingerprint density at radius 1 is 0.971 bits per heavy atom. The van der Waals surface area contributed by atoms with Gasteiger partial charge in [0.25, 0.3) is 0 Å². The van der Waals surface area contributed by atoms with Crippen molar-refractivity contribution in [3.05, 3.63) is 53.6 Å². The van der Waals surface area contributed by atoms with Crippen LogP contribution in [0.4, 0.5) is 35.1 Å². The minimum Gasteiger partial charge on any atom is -0.353 e. The lowest BCUT2D eigenvalue weighted by atomic mass is 10.1. The van der Waals surface area contributed by atoms with Gasteiger partial charge in [-0.15, -0.1) is 0 Å². The molecule has 0 fully saturated rings. The Morgan fingerprint density at radius 2 is 1.68 bits per heavy atom. The number of benzene rings is 2. The van der Waals surface area contributed by atoms with Gasteiger partial charge in [0.15, 0.2) is 0 Å². The molecule has 0 spiro atoms. The molecule has 2 aromatic carbocycles. The van der Waals surface area contributed by atoms with Gasteiger partial charge >= 0.3 is 6.18 Å². The van der Waals surface area contributed by atoms with Crippen molar-refractivity contribution >= 4 is 28.6 Å². The first-order valence-electron chi connectivity index (χ1n) is 10.3. The first-order valence-corrected chi connectivity index (χ1v) is 10.3. The number of rotatable bonds is 7. The average Bonchev–Trinajstić information content (AvgIpc) is 3.15. The second-order valence-electron chi connectivity index (χ2n) is 7.89. The minimum absolute atomic E-state index is 0.0998. The van der Waals surface area contributed by atoms with E-state index in [1.54, 1.807) is 6.92 Å². The second kappa shape index (κ2) is 9.21. The fourth-order valence-electron chi connectivity index (χ4n) is 3.21. The molecule has 3 N–H and O–H groups in total. The van der Waals surface area contributed by atoms with E-state index in [4.69, 9.17) is 0 Å². The third kappa shape index (κ3) is 5.39. The molecule has 0 saturated heterocycles. The number of aryl methyl sites for hydroxylation is 1. The molecule has 2 aromatic heterocycles. The van der Waals surface area contributed by atoms with Crippen LogP contribution in [-0.2, 0) is 6.18 Å². The number of alkyl halides is 3. The fraction of sp³-hybridized carbons (Fsp3) is 0.273. The second-order valence-corrected chi connectivity index (χ2v) is 7.89. The van der Waals surface area contributed by atoms with Gasteiger partial charge in [-0.2, -0.15) is 28.1 Å². The van der Waals surface area contributed by atoms with Crippen molar-refractivity contribution in [2.75, 3.05) is 37.8 Å². The predicted octanol–water partition coefficient (Wildman–Crippen LogP) is 4.60. The summed E-state index contributed by atoms with van der Waals surface area (Å²) in [7, 11) is 3.90. The van der Waals surface area contributed by atoms with Crippen molar-refractivity contribution in [3.63, 3.8) is 0 Å². The van der Waals surface area contributed by atoms with Crippen LogP contribution in [0.15, 0.2) is 36.4 Å². The highest BCUT2D eigenvalue weighted by Crippen LogP contribution is 2.31. The molecule has 0 aliphatic carbocycles. The summed E-state index contributed by atoms with van der Waals surface area (Å²) in [6, 6.07) is 7.31. The first-order chi connectivity index (χ1) is 16.1. The topological polar surface area (TPSA) is 94.6 Å². The Labute approximate surface area is 192 Å². The average molecular weight is 474 g/mol. The van der Waals surface area contributed by atoms with Crippen LogP contribution in [0, 0.1) is 12.7 Å². The maximum Gasteiger partial charge on any atom is 0.416 e. The van der Waals surface area contributed by atoms with Crippen LogP contribution in [0.3, 0.4) is 0 Å². The highest BCUT2D eigenvalue weighted by atomic mass is 19.4. The van der Waals surface area contributed by atoms with E-state index >= 15 is 0 Å². The Bertz CT molecular complexity index is 1300. The minimum atomic E-state index is -4.43. The van der Waals surface area contributed by atoms with Crippen LogP contribution in [0.1, 0.15) is 11.4 Å². The Hall–Kier alpha value is -3.80. The van der Waals surface area contributed by atoms with Gasteiger partial charge in [0, 0.05) is 24.7 Å². The first kappa shape index (κ1) is 23.4. The number of aromatic amines is 1. The van der Waals surface area contributed by atoms with Crippen LogP contribution in [0.25, 0.3) is 22.4 Å². The molecule has 2 heterocycles. The number of halogens is 4. The third-order valence-electron chi connectivity index (χ3n) is 4.89. The lowest BCUT2D eigenvalue weighted by Gasteiger charge is -2.12. The molecule has 0 unspecified atom stereocenters. The molecular weight excluding hydrogens is 452 g/mol. The number of fused-ring (bicyclic) bond motifs is 1. The number of aromatic nitrogens is 5. The van der Waals surface area contributed by atoms with E-state index < -0.39 is 17.6 Å². The molecule has 0 bridgehead atoms. The van der Waals surface area contributed by atoms with Crippen molar-refractivity contribution in [2.45, 2.75) is 13.1 Å². The summed E-state index contributed by atoms with van der Waals surface area (Å²) in [5.74, 6) is 0.731. The van der Waals surface area contributed by atoms with Crippen LogP contribution in [0.2, 0.25) is 0 Å². The van der Waals surface area contributed by atoms with Crippen LogP contribution < -0.4 is 10.6 Å². The number of nitrogens with one attached hydrogen (secondary N) is 3. The highest BCUT2D eigenvalue weighted by Gasteiger charge is 2.30. The molecule has 4 rings (SSSR count). The van der Waals surface area contributed by atoms with Crippen molar-refractivity contribution < 1.29 is 17.6 Å². The summed E-state index contributed by atoms with van der Waals surface area (Å²) in [5, 5.41) is 5.95. The highest BCUT2D eigenvalue weighted by molar-refractivity contribution is 5.83. The van der Waals surface area contributed by atoms with Crippen molar-refractivity contribution in [3.8, 4) is 11.4 Å². The van der Waals surface area contributed by atoms with Crippen LogP contribution in [-0.4, -0.2) is 57.0 Å². The van der Waals surface area contributed by atoms with E-state index in [2.05, 4.69) is 35.6 Å². The molecule has 0 amide bonds. The molecule has 178 valence electrons. The number of imidazole rings is 1. The van der Waals surface area contributed by atoms with E-state index in [1.165, 1.54) is 24.3 Å².